The van der Waals surface area contributed by atoms with E-state index in [1.165, 1.54) is 0 Å². The molecule has 0 atom stereocenters. The van der Waals surface area contributed by atoms with Crippen LogP contribution in [-0.4, -0.2) is 30.8 Å². The van der Waals surface area contributed by atoms with Crippen LogP contribution in [0.25, 0.3) is 0 Å². The zero-order valence-corrected chi connectivity index (χ0v) is 14.5. The molecule has 122 valence electrons. The number of hydrogen-bond acceptors (Lipinski definition) is 3. The van der Waals surface area contributed by atoms with E-state index in [2.05, 4.69) is 4.90 Å². The molecule has 0 amide bonds. The molecule has 0 aliphatic heterocycles. The average molecular weight is 352 g/mol. The first-order valence-corrected chi connectivity index (χ1v) is 8.47. The van der Waals surface area contributed by atoms with Crippen LogP contribution in [0.2, 0.25) is 0 Å². The average Bonchev–Trinajstić information content (AvgIpc) is 2.56. The summed E-state index contributed by atoms with van der Waals surface area (Å²) in [4.78, 5) is 14.2. The summed E-state index contributed by atoms with van der Waals surface area (Å²) in [6.07, 6.45) is 0. The van der Waals surface area contributed by atoms with E-state index in [0.29, 0.717) is 23.1 Å². The minimum atomic E-state index is -0.365. The van der Waals surface area contributed by atoms with Gasteiger partial charge >= 0.3 is 5.97 Å². The second-order valence-corrected chi connectivity index (χ2v) is 5.82. The van der Waals surface area contributed by atoms with E-state index in [0.717, 1.165) is 24.3 Å². The lowest BCUT2D eigenvalue weighted by atomic mass is 10.1. The van der Waals surface area contributed by atoms with Crippen molar-refractivity contribution in [3.63, 3.8) is 0 Å². The molecule has 0 saturated heterocycles. The molecule has 3 nitrogen and oxygen atoms in total. The van der Waals surface area contributed by atoms with Crippen molar-refractivity contribution in [1.82, 2.24) is 0 Å². The van der Waals surface area contributed by atoms with Crippen LogP contribution in [-0.2, 0) is 0 Å². The fourth-order valence-corrected chi connectivity index (χ4v) is 2.75. The number of carbonyl (C=O) groups is 1. The number of aryl methyl sites for hydroxylation is 1. The first-order valence-electron chi connectivity index (χ1n) is 7.40. The number of ether oxygens (including phenoxy) is 1. The number of hydrogen-bond donors (Lipinski definition) is 0. The summed E-state index contributed by atoms with van der Waals surface area (Å²) >= 11 is 11.7. The van der Waals surface area contributed by atoms with Crippen LogP contribution in [0, 0.1) is 6.92 Å². The van der Waals surface area contributed by atoms with Crippen LogP contribution in [0.5, 0.6) is 5.75 Å². The second-order valence-electron chi connectivity index (χ2n) is 5.07. The Balaban J connectivity index is 2.14. The molecule has 0 aromatic heterocycles. The van der Waals surface area contributed by atoms with Crippen molar-refractivity contribution in [3.8, 4) is 5.75 Å². The van der Waals surface area contributed by atoms with E-state index >= 15 is 0 Å². The normalized spacial score (nSPS) is 10.4. The molecule has 23 heavy (non-hydrogen) atoms. The summed E-state index contributed by atoms with van der Waals surface area (Å²) in [5.41, 5.74) is 2.59. The summed E-state index contributed by atoms with van der Waals surface area (Å²) in [6, 6.07) is 14.5. The predicted molar refractivity (Wildman–Crippen MR) is 96.2 cm³/mol. The molecular weight excluding hydrogens is 333 g/mol. The molecule has 0 aliphatic rings. The van der Waals surface area contributed by atoms with Gasteiger partial charge in [0, 0.05) is 30.5 Å². The Morgan fingerprint density at radius 2 is 1.70 bits per heavy atom. The molecule has 5 heteroatoms. The Morgan fingerprint density at radius 3 is 2.26 bits per heavy atom. The van der Waals surface area contributed by atoms with Gasteiger partial charge < -0.3 is 9.64 Å². The van der Waals surface area contributed by atoms with Gasteiger partial charge in [-0.15, -0.1) is 23.2 Å². The number of halogens is 2. The predicted octanol–water partition coefficient (Wildman–Crippen LogP) is 4.50. The minimum Gasteiger partial charge on any atom is -0.423 e. The maximum atomic E-state index is 12.1. The molecule has 0 radical (unpaired) electrons. The lowest BCUT2D eigenvalue weighted by molar-refractivity contribution is 0.0734. The summed E-state index contributed by atoms with van der Waals surface area (Å²) in [5.74, 6) is 1.22. The van der Waals surface area contributed by atoms with E-state index in [1.54, 1.807) is 30.3 Å². The smallest absolute Gasteiger partial charge is 0.343 e. The lowest BCUT2D eigenvalue weighted by Gasteiger charge is -2.25. The van der Waals surface area contributed by atoms with Gasteiger partial charge in [0.15, 0.2) is 0 Å². The molecule has 0 aliphatic carbocycles. The Hall–Kier alpha value is -1.71. The maximum Gasteiger partial charge on any atom is 0.343 e. The molecule has 0 saturated carbocycles. The van der Waals surface area contributed by atoms with Crippen LogP contribution >= 0.6 is 23.2 Å². The van der Waals surface area contributed by atoms with Crippen LogP contribution in [0.15, 0.2) is 48.5 Å². The number of benzene rings is 2. The first kappa shape index (κ1) is 17.6. The Morgan fingerprint density at radius 1 is 1.04 bits per heavy atom. The molecular formula is C18H19Cl2NO2. The lowest BCUT2D eigenvalue weighted by Crippen LogP contribution is -2.28. The Bertz CT molecular complexity index is 641. The number of anilines is 1. The van der Waals surface area contributed by atoms with E-state index in [-0.39, 0.29) is 5.97 Å². The molecule has 0 N–H and O–H groups in total. The molecule has 0 bridgehead atoms. The van der Waals surface area contributed by atoms with E-state index < -0.39 is 0 Å². The summed E-state index contributed by atoms with van der Waals surface area (Å²) < 4.78 is 5.43. The largest absolute Gasteiger partial charge is 0.423 e. The monoisotopic (exact) mass is 351 g/mol. The summed E-state index contributed by atoms with van der Waals surface area (Å²) in [6.45, 7) is 3.42. The van der Waals surface area contributed by atoms with Gasteiger partial charge in [0.2, 0.25) is 0 Å². The number of alkyl halides is 2. The summed E-state index contributed by atoms with van der Waals surface area (Å²) in [7, 11) is 0. The Kier molecular flexibility index (Phi) is 6.75. The van der Waals surface area contributed by atoms with Crippen LogP contribution < -0.4 is 9.64 Å². The molecule has 0 spiro atoms. The van der Waals surface area contributed by atoms with E-state index in [1.807, 2.05) is 25.1 Å². The summed E-state index contributed by atoms with van der Waals surface area (Å²) in [5, 5.41) is 0. The van der Waals surface area contributed by atoms with Crippen molar-refractivity contribution >= 4 is 34.9 Å². The third-order valence-electron chi connectivity index (χ3n) is 3.44. The van der Waals surface area contributed by atoms with Gasteiger partial charge in [0.25, 0.3) is 0 Å². The van der Waals surface area contributed by atoms with Crippen molar-refractivity contribution in [1.29, 1.82) is 0 Å². The van der Waals surface area contributed by atoms with Crippen molar-refractivity contribution < 1.29 is 9.53 Å². The third-order valence-corrected chi connectivity index (χ3v) is 3.78. The number of esters is 1. The highest BCUT2D eigenvalue weighted by atomic mass is 35.5. The quantitative estimate of drug-likeness (QED) is 0.418. The third kappa shape index (κ3) is 4.88. The topological polar surface area (TPSA) is 29.5 Å². The van der Waals surface area contributed by atoms with Gasteiger partial charge in [-0.2, -0.15) is 0 Å². The molecule has 0 unspecified atom stereocenters. The molecule has 0 fully saturated rings. The van der Waals surface area contributed by atoms with Crippen molar-refractivity contribution in [2.45, 2.75) is 6.92 Å². The molecule has 2 aromatic carbocycles. The van der Waals surface area contributed by atoms with Gasteiger partial charge in [0.1, 0.15) is 5.75 Å². The standard InChI is InChI=1S/C18H19Cl2NO2/c1-14-13-16(23-18(22)15-5-3-2-4-6-15)7-8-17(14)21(11-9-19)12-10-20/h2-8,13H,9-12H2,1H3. The number of nitrogens with zero attached hydrogens (tertiary/aromatic N) is 1. The van der Waals surface area contributed by atoms with Gasteiger partial charge in [-0.1, -0.05) is 18.2 Å². The van der Waals surface area contributed by atoms with Gasteiger partial charge in [-0.25, -0.2) is 4.79 Å². The van der Waals surface area contributed by atoms with Crippen molar-refractivity contribution in [2.75, 3.05) is 29.7 Å². The number of carbonyl (C=O) groups excluding carboxylic acids is 1. The highest BCUT2D eigenvalue weighted by molar-refractivity contribution is 6.18. The van der Waals surface area contributed by atoms with Gasteiger partial charge in [-0.3, -0.25) is 0 Å². The second kappa shape index (κ2) is 8.80. The van der Waals surface area contributed by atoms with Crippen LogP contribution in [0.1, 0.15) is 15.9 Å². The Labute approximate surface area is 146 Å². The fourth-order valence-electron chi connectivity index (χ4n) is 2.34. The maximum absolute atomic E-state index is 12.1. The molecule has 0 heterocycles. The SMILES string of the molecule is Cc1cc(OC(=O)c2ccccc2)ccc1N(CCCl)CCCl. The van der Waals surface area contributed by atoms with Crippen LogP contribution in [0.3, 0.4) is 0 Å². The highest BCUT2D eigenvalue weighted by Crippen LogP contribution is 2.25. The van der Waals surface area contributed by atoms with E-state index in [9.17, 15) is 4.79 Å². The fraction of sp³-hybridized carbons (Fsp3) is 0.278. The van der Waals surface area contributed by atoms with Crippen LogP contribution in [0.4, 0.5) is 5.69 Å². The first-order chi connectivity index (χ1) is 11.2. The van der Waals surface area contributed by atoms with E-state index in [4.69, 9.17) is 27.9 Å². The zero-order valence-electron chi connectivity index (χ0n) is 13.0. The molecule has 2 aromatic rings. The molecule has 2 rings (SSSR count). The highest BCUT2D eigenvalue weighted by Gasteiger charge is 2.12. The van der Waals surface area contributed by atoms with Gasteiger partial charge in [0.05, 0.1) is 5.56 Å². The zero-order chi connectivity index (χ0) is 16.7. The van der Waals surface area contributed by atoms with Crippen molar-refractivity contribution in [2.24, 2.45) is 0 Å². The van der Waals surface area contributed by atoms with Crippen molar-refractivity contribution in [3.05, 3.63) is 59.7 Å². The number of rotatable bonds is 7. The van der Waals surface area contributed by atoms with Gasteiger partial charge in [-0.05, 0) is 42.8 Å². The minimum absolute atomic E-state index is 0.365.